The van der Waals surface area contributed by atoms with Crippen LogP contribution in [0.1, 0.15) is 40.5 Å². The second-order valence-electron chi connectivity index (χ2n) is 7.88. The molecule has 2 N–H and O–H groups in total. The standard InChI is InChI=1S/C22H24N2O3S/c1-14-9-10-20-19(11-14)17-7-4-8-18(21(17)24-20)22(25)23-16-6-3-5-15(12-16)13-28(2,26)27/h3-8,12,14,24H,9-11,13H2,1-2H3,(H,23,25)/t14-/m0/s1. The van der Waals surface area contributed by atoms with E-state index < -0.39 is 9.84 Å². The van der Waals surface area contributed by atoms with Gasteiger partial charge in [-0.25, -0.2) is 8.42 Å². The average molecular weight is 397 g/mol. The summed E-state index contributed by atoms with van der Waals surface area (Å²) >= 11 is 0. The van der Waals surface area contributed by atoms with Gasteiger partial charge in [0, 0.05) is 23.0 Å². The van der Waals surface area contributed by atoms with E-state index in [0.29, 0.717) is 22.7 Å². The smallest absolute Gasteiger partial charge is 0.257 e. The van der Waals surface area contributed by atoms with Gasteiger partial charge in [0.1, 0.15) is 0 Å². The maximum Gasteiger partial charge on any atom is 0.257 e. The number of hydrogen-bond donors (Lipinski definition) is 2. The number of aromatic amines is 1. The van der Waals surface area contributed by atoms with Crippen LogP contribution < -0.4 is 5.32 Å². The van der Waals surface area contributed by atoms with Crippen molar-refractivity contribution in [3.8, 4) is 0 Å². The zero-order chi connectivity index (χ0) is 19.9. The molecule has 1 aliphatic carbocycles. The van der Waals surface area contributed by atoms with Crippen LogP contribution in [0.3, 0.4) is 0 Å². The van der Waals surface area contributed by atoms with Crippen molar-refractivity contribution in [1.82, 2.24) is 4.98 Å². The minimum Gasteiger partial charge on any atom is -0.358 e. The molecule has 5 nitrogen and oxygen atoms in total. The van der Waals surface area contributed by atoms with Gasteiger partial charge >= 0.3 is 0 Å². The Morgan fingerprint density at radius 3 is 2.79 bits per heavy atom. The molecule has 0 radical (unpaired) electrons. The first-order valence-corrected chi connectivity index (χ1v) is 11.6. The first-order valence-electron chi connectivity index (χ1n) is 9.50. The minimum absolute atomic E-state index is 0.0478. The van der Waals surface area contributed by atoms with Gasteiger partial charge < -0.3 is 10.3 Å². The fourth-order valence-electron chi connectivity index (χ4n) is 4.04. The molecule has 1 atom stereocenters. The van der Waals surface area contributed by atoms with Crippen molar-refractivity contribution in [1.29, 1.82) is 0 Å². The first-order chi connectivity index (χ1) is 13.3. The number of fused-ring (bicyclic) bond motifs is 3. The molecule has 1 heterocycles. The Balaban J connectivity index is 1.64. The summed E-state index contributed by atoms with van der Waals surface area (Å²) in [4.78, 5) is 16.4. The van der Waals surface area contributed by atoms with Crippen LogP contribution in [0.4, 0.5) is 5.69 Å². The Hall–Kier alpha value is -2.60. The highest BCUT2D eigenvalue weighted by Gasteiger charge is 2.22. The number of anilines is 1. The van der Waals surface area contributed by atoms with Gasteiger partial charge in [-0.3, -0.25) is 4.79 Å². The zero-order valence-electron chi connectivity index (χ0n) is 16.1. The van der Waals surface area contributed by atoms with Gasteiger partial charge in [0.15, 0.2) is 9.84 Å². The molecule has 0 spiro atoms. The number of carbonyl (C=O) groups excluding carboxylic acids is 1. The minimum atomic E-state index is -3.13. The number of sulfone groups is 1. The third kappa shape index (κ3) is 3.83. The molecule has 6 heteroatoms. The van der Waals surface area contributed by atoms with Crippen molar-refractivity contribution in [2.75, 3.05) is 11.6 Å². The number of amides is 1. The van der Waals surface area contributed by atoms with Crippen molar-refractivity contribution in [3.05, 3.63) is 64.8 Å². The Bertz CT molecular complexity index is 1160. The summed E-state index contributed by atoms with van der Waals surface area (Å²) in [5.41, 5.74) is 5.30. The number of H-pyrrole nitrogens is 1. The van der Waals surface area contributed by atoms with Crippen LogP contribution in [0.5, 0.6) is 0 Å². The summed E-state index contributed by atoms with van der Waals surface area (Å²) in [6.45, 7) is 2.27. The predicted octanol–water partition coefficient (Wildman–Crippen LogP) is 4.09. The van der Waals surface area contributed by atoms with E-state index in [-0.39, 0.29) is 11.7 Å². The summed E-state index contributed by atoms with van der Waals surface area (Å²) in [5.74, 6) is 0.406. The van der Waals surface area contributed by atoms with Gasteiger partial charge in [0.2, 0.25) is 0 Å². The highest BCUT2D eigenvalue weighted by molar-refractivity contribution is 7.89. The van der Waals surface area contributed by atoms with Crippen molar-refractivity contribution >= 4 is 32.3 Å². The molecule has 2 aromatic carbocycles. The number of aromatic nitrogens is 1. The number of benzene rings is 2. The molecule has 0 aliphatic heterocycles. The van der Waals surface area contributed by atoms with Gasteiger partial charge in [-0.15, -0.1) is 0 Å². The van der Waals surface area contributed by atoms with E-state index in [4.69, 9.17) is 0 Å². The van der Waals surface area contributed by atoms with E-state index >= 15 is 0 Å². The second-order valence-corrected chi connectivity index (χ2v) is 10.0. The maximum atomic E-state index is 13.0. The quantitative estimate of drug-likeness (QED) is 0.697. The molecule has 0 fully saturated rings. The summed E-state index contributed by atoms with van der Waals surface area (Å²) < 4.78 is 23.1. The fraction of sp³-hybridized carbons (Fsp3) is 0.318. The van der Waals surface area contributed by atoms with Crippen molar-refractivity contribution in [3.63, 3.8) is 0 Å². The number of nitrogens with one attached hydrogen (secondary N) is 2. The lowest BCUT2D eigenvalue weighted by Crippen LogP contribution is -2.13. The normalized spacial score (nSPS) is 16.7. The molecule has 1 aliphatic rings. The molecule has 146 valence electrons. The number of para-hydroxylation sites is 1. The van der Waals surface area contributed by atoms with Crippen LogP contribution in [0, 0.1) is 5.92 Å². The van der Waals surface area contributed by atoms with Crippen LogP contribution in [-0.4, -0.2) is 25.6 Å². The summed E-state index contributed by atoms with van der Waals surface area (Å²) in [7, 11) is -3.13. The Kier molecular flexibility index (Phi) is 4.75. The molecule has 0 unspecified atom stereocenters. The fourth-order valence-corrected chi connectivity index (χ4v) is 4.83. The number of rotatable bonds is 4. The van der Waals surface area contributed by atoms with Crippen molar-refractivity contribution in [2.45, 2.75) is 31.9 Å². The first kappa shape index (κ1) is 18.7. The van der Waals surface area contributed by atoms with Crippen LogP contribution in [0.25, 0.3) is 10.9 Å². The van der Waals surface area contributed by atoms with Gasteiger partial charge in [0.25, 0.3) is 5.91 Å². The lowest BCUT2D eigenvalue weighted by Gasteiger charge is -2.17. The summed E-state index contributed by atoms with van der Waals surface area (Å²) in [6.07, 6.45) is 4.41. The Morgan fingerprint density at radius 1 is 1.21 bits per heavy atom. The summed E-state index contributed by atoms with van der Waals surface area (Å²) in [6, 6.07) is 12.8. The SMILES string of the molecule is C[C@H]1CCc2[nH]c3c(C(=O)Nc4cccc(CS(C)(=O)=O)c4)cccc3c2C1. The van der Waals surface area contributed by atoms with E-state index in [2.05, 4.69) is 23.3 Å². The van der Waals surface area contributed by atoms with E-state index in [1.165, 1.54) is 17.5 Å². The molecular formula is C22H24N2O3S. The van der Waals surface area contributed by atoms with Crippen LogP contribution >= 0.6 is 0 Å². The molecule has 1 amide bonds. The van der Waals surface area contributed by atoms with E-state index in [1.54, 1.807) is 24.3 Å². The average Bonchev–Trinajstić information content (AvgIpc) is 2.98. The zero-order valence-corrected chi connectivity index (χ0v) is 16.9. The molecule has 0 saturated heterocycles. The number of carbonyl (C=O) groups is 1. The highest BCUT2D eigenvalue weighted by atomic mass is 32.2. The molecular weight excluding hydrogens is 372 g/mol. The lowest BCUT2D eigenvalue weighted by molar-refractivity contribution is 0.102. The largest absolute Gasteiger partial charge is 0.358 e. The Morgan fingerprint density at radius 2 is 2.00 bits per heavy atom. The van der Waals surface area contributed by atoms with Gasteiger partial charge in [-0.1, -0.05) is 31.2 Å². The topological polar surface area (TPSA) is 79.0 Å². The highest BCUT2D eigenvalue weighted by Crippen LogP contribution is 2.33. The van der Waals surface area contributed by atoms with E-state index in [9.17, 15) is 13.2 Å². The lowest BCUT2D eigenvalue weighted by atomic mass is 9.87. The third-order valence-corrected chi connectivity index (χ3v) is 6.19. The van der Waals surface area contributed by atoms with Gasteiger partial charge in [-0.05, 0) is 54.5 Å². The maximum absolute atomic E-state index is 13.0. The van der Waals surface area contributed by atoms with Crippen LogP contribution in [-0.2, 0) is 28.4 Å². The Labute approximate surface area is 165 Å². The van der Waals surface area contributed by atoms with Crippen LogP contribution in [0.2, 0.25) is 0 Å². The molecule has 3 aromatic rings. The second kappa shape index (κ2) is 7.09. The van der Waals surface area contributed by atoms with Crippen LogP contribution in [0.15, 0.2) is 42.5 Å². The van der Waals surface area contributed by atoms with Gasteiger partial charge in [-0.2, -0.15) is 0 Å². The van der Waals surface area contributed by atoms with Gasteiger partial charge in [0.05, 0.1) is 16.8 Å². The molecule has 0 saturated carbocycles. The number of hydrogen-bond acceptors (Lipinski definition) is 3. The van der Waals surface area contributed by atoms with Crippen molar-refractivity contribution < 1.29 is 13.2 Å². The monoisotopic (exact) mass is 396 g/mol. The van der Waals surface area contributed by atoms with E-state index in [1.807, 2.05) is 12.1 Å². The van der Waals surface area contributed by atoms with E-state index in [0.717, 1.165) is 30.2 Å². The third-order valence-electron chi connectivity index (χ3n) is 5.33. The summed E-state index contributed by atoms with van der Waals surface area (Å²) in [5, 5.41) is 4.04. The predicted molar refractivity (Wildman–Crippen MR) is 112 cm³/mol. The molecule has 1 aromatic heterocycles. The molecule has 4 rings (SSSR count). The molecule has 28 heavy (non-hydrogen) atoms. The number of aryl methyl sites for hydroxylation is 1. The van der Waals surface area contributed by atoms with Crippen molar-refractivity contribution in [2.24, 2.45) is 5.92 Å². The molecule has 0 bridgehead atoms.